The van der Waals surface area contributed by atoms with E-state index in [0.717, 1.165) is 33.4 Å². The number of benzene rings is 2. The van der Waals surface area contributed by atoms with Crippen LogP contribution in [0.4, 0.5) is 11.4 Å². The van der Waals surface area contributed by atoms with Crippen molar-refractivity contribution in [3.8, 4) is 0 Å². The molecule has 0 aliphatic carbocycles. The molecule has 0 aromatic heterocycles. The van der Waals surface area contributed by atoms with E-state index < -0.39 is 0 Å². The molecular formula is C21H23BrN2O2. The number of nitrogens with zero attached hydrogens (tertiary/aromatic N) is 1. The van der Waals surface area contributed by atoms with Crippen LogP contribution in [0.1, 0.15) is 30.0 Å². The summed E-state index contributed by atoms with van der Waals surface area (Å²) in [7, 11) is 0. The standard InChI is InChI=1S/C21H23BrN2O2/c1-4-15-5-7-17(8-6-15)24-12-16(11-20(24)25)21(26)23-19-10-9-18(22)13(2)14(19)3/h5-10,16H,4,11-12H2,1-3H3,(H,23,26)/t16-/m1/s1. The van der Waals surface area contributed by atoms with Crippen LogP contribution in [-0.4, -0.2) is 18.4 Å². The Labute approximate surface area is 162 Å². The largest absolute Gasteiger partial charge is 0.326 e. The predicted octanol–water partition coefficient (Wildman–Crippen LogP) is 4.62. The minimum absolute atomic E-state index is 0.00175. The number of hydrogen-bond acceptors (Lipinski definition) is 2. The first-order valence-electron chi connectivity index (χ1n) is 8.86. The number of anilines is 2. The van der Waals surface area contributed by atoms with Crippen molar-refractivity contribution in [2.75, 3.05) is 16.8 Å². The second-order valence-corrected chi connectivity index (χ2v) is 7.61. The molecule has 1 fully saturated rings. The minimum Gasteiger partial charge on any atom is -0.326 e. The molecule has 0 radical (unpaired) electrons. The SMILES string of the molecule is CCc1ccc(N2C[C@H](C(=O)Nc3ccc(Br)c(C)c3C)CC2=O)cc1. The van der Waals surface area contributed by atoms with E-state index in [1.807, 2.05) is 50.2 Å². The van der Waals surface area contributed by atoms with E-state index in [2.05, 4.69) is 28.2 Å². The third-order valence-corrected chi connectivity index (χ3v) is 5.99. The highest BCUT2D eigenvalue weighted by atomic mass is 79.9. The van der Waals surface area contributed by atoms with Crippen molar-refractivity contribution >= 4 is 39.1 Å². The maximum absolute atomic E-state index is 12.7. The zero-order chi connectivity index (χ0) is 18.8. The van der Waals surface area contributed by atoms with Gasteiger partial charge in [0.2, 0.25) is 11.8 Å². The van der Waals surface area contributed by atoms with Crippen LogP contribution in [0.5, 0.6) is 0 Å². The maximum Gasteiger partial charge on any atom is 0.229 e. The maximum atomic E-state index is 12.7. The lowest BCUT2D eigenvalue weighted by molar-refractivity contribution is -0.122. The third-order valence-electron chi connectivity index (χ3n) is 5.13. The number of nitrogens with one attached hydrogen (secondary N) is 1. The highest BCUT2D eigenvalue weighted by molar-refractivity contribution is 9.10. The van der Waals surface area contributed by atoms with Gasteiger partial charge in [0.25, 0.3) is 0 Å². The van der Waals surface area contributed by atoms with Crippen molar-refractivity contribution in [3.05, 3.63) is 57.6 Å². The fourth-order valence-electron chi connectivity index (χ4n) is 3.20. The van der Waals surface area contributed by atoms with Crippen molar-refractivity contribution in [2.24, 2.45) is 5.92 Å². The van der Waals surface area contributed by atoms with Gasteiger partial charge in [0.15, 0.2) is 0 Å². The Balaban J connectivity index is 1.71. The molecule has 136 valence electrons. The van der Waals surface area contributed by atoms with E-state index in [1.165, 1.54) is 5.56 Å². The van der Waals surface area contributed by atoms with Crippen molar-refractivity contribution in [3.63, 3.8) is 0 Å². The van der Waals surface area contributed by atoms with Crippen LogP contribution < -0.4 is 10.2 Å². The van der Waals surface area contributed by atoms with Crippen LogP contribution in [0, 0.1) is 19.8 Å². The zero-order valence-electron chi connectivity index (χ0n) is 15.3. The Bertz CT molecular complexity index is 846. The predicted molar refractivity (Wildman–Crippen MR) is 109 cm³/mol. The lowest BCUT2D eigenvalue weighted by Gasteiger charge is -2.18. The summed E-state index contributed by atoms with van der Waals surface area (Å²) in [5.74, 6) is -0.439. The second-order valence-electron chi connectivity index (χ2n) is 6.76. The van der Waals surface area contributed by atoms with Crippen LogP contribution in [-0.2, 0) is 16.0 Å². The molecule has 2 aromatic rings. The highest BCUT2D eigenvalue weighted by Gasteiger charge is 2.35. The lowest BCUT2D eigenvalue weighted by Crippen LogP contribution is -2.28. The Kier molecular flexibility index (Phi) is 5.47. The van der Waals surface area contributed by atoms with Gasteiger partial charge >= 0.3 is 0 Å². The summed E-state index contributed by atoms with van der Waals surface area (Å²) in [6.45, 7) is 6.51. The molecule has 1 N–H and O–H groups in total. The topological polar surface area (TPSA) is 49.4 Å². The van der Waals surface area contributed by atoms with Gasteiger partial charge in [-0.15, -0.1) is 0 Å². The molecule has 26 heavy (non-hydrogen) atoms. The molecule has 0 spiro atoms. The molecule has 0 bridgehead atoms. The molecule has 1 atom stereocenters. The van der Waals surface area contributed by atoms with E-state index in [0.29, 0.717) is 6.54 Å². The van der Waals surface area contributed by atoms with Gasteiger partial charge in [-0.2, -0.15) is 0 Å². The van der Waals surface area contributed by atoms with Crippen LogP contribution in [0.3, 0.4) is 0 Å². The van der Waals surface area contributed by atoms with Gasteiger partial charge in [0, 0.05) is 28.8 Å². The molecule has 1 aliphatic heterocycles. The molecule has 2 amide bonds. The van der Waals surface area contributed by atoms with Gasteiger partial charge in [-0.05, 0) is 61.2 Å². The number of carbonyl (C=O) groups is 2. The van der Waals surface area contributed by atoms with Crippen LogP contribution in [0.15, 0.2) is 40.9 Å². The number of carbonyl (C=O) groups excluding carboxylic acids is 2. The summed E-state index contributed by atoms with van der Waals surface area (Å²) >= 11 is 3.50. The Hall–Kier alpha value is -2.14. The molecule has 5 heteroatoms. The molecule has 3 rings (SSSR count). The van der Waals surface area contributed by atoms with Crippen molar-refractivity contribution < 1.29 is 9.59 Å². The average Bonchev–Trinajstić information content (AvgIpc) is 3.04. The second kappa shape index (κ2) is 7.62. The first kappa shape index (κ1) is 18.6. The quantitative estimate of drug-likeness (QED) is 0.792. The summed E-state index contributed by atoms with van der Waals surface area (Å²) in [6, 6.07) is 11.8. The first-order valence-corrected chi connectivity index (χ1v) is 9.66. The molecule has 0 saturated carbocycles. The third kappa shape index (κ3) is 3.68. The first-order chi connectivity index (χ1) is 12.4. The summed E-state index contributed by atoms with van der Waals surface area (Å²) in [6.07, 6.45) is 1.21. The monoisotopic (exact) mass is 414 g/mol. The molecule has 2 aromatic carbocycles. The zero-order valence-corrected chi connectivity index (χ0v) is 16.9. The van der Waals surface area contributed by atoms with Crippen LogP contribution in [0.2, 0.25) is 0 Å². The summed E-state index contributed by atoms with van der Waals surface area (Å²) < 4.78 is 1.02. The molecule has 1 aliphatic rings. The van der Waals surface area contributed by atoms with E-state index in [1.54, 1.807) is 4.90 Å². The Morgan fingerprint density at radius 3 is 2.50 bits per heavy atom. The van der Waals surface area contributed by atoms with Crippen LogP contribution >= 0.6 is 15.9 Å². The molecule has 0 unspecified atom stereocenters. The summed E-state index contributed by atoms with van der Waals surface area (Å²) in [5, 5.41) is 2.99. The Morgan fingerprint density at radius 2 is 1.85 bits per heavy atom. The molecular weight excluding hydrogens is 392 g/mol. The normalized spacial score (nSPS) is 16.8. The van der Waals surface area contributed by atoms with Gasteiger partial charge < -0.3 is 10.2 Å². The summed E-state index contributed by atoms with van der Waals surface area (Å²) in [4.78, 5) is 26.8. The van der Waals surface area contributed by atoms with E-state index in [4.69, 9.17) is 0 Å². The van der Waals surface area contributed by atoms with Gasteiger partial charge in [-0.25, -0.2) is 0 Å². The van der Waals surface area contributed by atoms with Gasteiger partial charge in [-0.1, -0.05) is 35.0 Å². The van der Waals surface area contributed by atoms with Crippen molar-refractivity contribution in [2.45, 2.75) is 33.6 Å². The Morgan fingerprint density at radius 1 is 1.15 bits per heavy atom. The number of rotatable bonds is 4. The van der Waals surface area contributed by atoms with Gasteiger partial charge in [0.05, 0.1) is 5.92 Å². The smallest absolute Gasteiger partial charge is 0.229 e. The van der Waals surface area contributed by atoms with E-state index >= 15 is 0 Å². The van der Waals surface area contributed by atoms with Crippen molar-refractivity contribution in [1.82, 2.24) is 0 Å². The van der Waals surface area contributed by atoms with Crippen LogP contribution in [0.25, 0.3) is 0 Å². The number of amides is 2. The summed E-state index contributed by atoms with van der Waals surface area (Å²) in [5.41, 5.74) is 5.02. The minimum atomic E-state index is -0.336. The highest BCUT2D eigenvalue weighted by Crippen LogP contribution is 2.29. The number of aryl methyl sites for hydroxylation is 1. The number of halogens is 1. The van der Waals surface area contributed by atoms with Gasteiger partial charge in [-0.3, -0.25) is 9.59 Å². The molecule has 4 nitrogen and oxygen atoms in total. The fourth-order valence-corrected chi connectivity index (χ4v) is 3.63. The van der Waals surface area contributed by atoms with E-state index in [-0.39, 0.29) is 24.2 Å². The average molecular weight is 415 g/mol. The number of hydrogen-bond donors (Lipinski definition) is 1. The lowest BCUT2D eigenvalue weighted by atomic mass is 10.1. The molecule has 1 saturated heterocycles. The molecule has 1 heterocycles. The van der Waals surface area contributed by atoms with Gasteiger partial charge in [0.1, 0.15) is 0 Å². The fraction of sp³-hybridized carbons (Fsp3) is 0.333. The van der Waals surface area contributed by atoms with E-state index in [9.17, 15) is 9.59 Å². The van der Waals surface area contributed by atoms with Crippen molar-refractivity contribution in [1.29, 1.82) is 0 Å².